The minimum absolute atomic E-state index is 0.157. The predicted molar refractivity (Wildman–Crippen MR) is 88.8 cm³/mol. The normalized spacial score (nSPS) is 10.6. The fourth-order valence-electron chi connectivity index (χ4n) is 1.78. The van der Waals surface area contributed by atoms with Gasteiger partial charge in [-0.05, 0) is 6.42 Å². The van der Waals surface area contributed by atoms with Gasteiger partial charge in [-0.15, -0.1) is 0 Å². The molecule has 24 heavy (non-hydrogen) atoms. The van der Waals surface area contributed by atoms with Crippen molar-refractivity contribution in [3.8, 4) is 0 Å². The number of ether oxygens (including phenoxy) is 5. The first kappa shape index (κ1) is 22.8. The van der Waals surface area contributed by atoms with Crippen LogP contribution in [0, 0.1) is 0 Å². The Morgan fingerprint density at radius 3 is 1.83 bits per heavy atom. The van der Waals surface area contributed by atoms with Crippen LogP contribution in [0.25, 0.3) is 0 Å². The lowest BCUT2D eigenvalue weighted by Crippen LogP contribution is -2.14. The van der Waals surface area contributed by atoms with Gasteiger partial charge in [0.05, 0.1) is 53.2 Å². The predicted octanol–water partition coefficient (Wildman–Crippen LogP) is 2.11. The van der Waals surface area contributed by atoms with E-state index in [0.717, 1.165) is 25.7 Å². The first-order valence-corrected chi connectivity index (χ1v) is 8.66. The fourth-order valence-corrected chi connectivity index (χ4v) is 1.78. The lowest BCUT2D eigenvalue weighted by Gasteiger charge is -2.07. The molecule has 0 aromatic rings. The van der Waals surface area contributed by atoms with Crippen molar-refractivity contribution < 1.29 is 33.3 Å². The lowest BCUT2D eigenvalue weighted by atomic mass is 10.2. The van der Waals surface area contributed by atoms with Crippen molar-refractivity contribution in [1.82, 2.24) is 0 Å². The molecule has 0 fully saturated rings. The fraction of sp³-hybridized carbons (Fsp3) is 0.882. The van der Waals surface area contributed by atoms with Crippen LogP contribution >= 0.6 is 0 Å². The third-order valence-electron chi connectivity index (χ3n) is 3.15. The van der Waals surface area contributed by atoms with Gasteiger partial charge in [-0.1, -0.05) is 26.2 Å². The van der Waals surface area contributed by atoms with Gasteiger partial charge in [0.2, 0.25) is 0 Å². The summed E-state index contributed by atoms with van der Waals surface area (Å²) in [5.74, 6) is -0.443. The number of unbranched alkanes of at least 4 members (excludes halogenated alkanes) is 3. The zero-order chi connectivity index (χ0) is 17.9. The Balaban J connectivity index is 3.14. The molecule has 0 spiro atoms. The van der Waals surface area contributed by atoms with Gasteiger partial charge in [-0.2, -0.15) is 0 Å². The maximum atomic E-state index is 11.4. The summed E-state index contributed by atoms with van der Waals surface area (Å²) >= 11 is 0. The van der Waals surface area contributed by atoms with E-state index in [1.54, 1.807) is 0 Å². The van der Waals surface area contributed by atoms with E-state index in [2.05, 4.69) is 11.7 Å². The van der Waals surface area contributed by atoms with E-state index in [-0.39, 0.29) is 25.0 Å². The van der Waals surface area contributed by atoms with E-state index in [1.807, 2.05) is 0 Å². The molecule has 0 saturated carbocycles. The quantitative estimate of drug-likeness (QED) is 0.294. The van der Waals surface area contributed by atoms with Crippen LogP contribution in [0.3, 0.4) is 0 Å². The first-order chi connectivity index (χ1) is 11.7. The first-order valence-electron chi connectivity index (χ1n) is 8.66. The monoisotopic (exact) mass is 348 g/mol. The molecule has 0 bridgehead atoms. The lowest BCUT2D eigenvalue weighted by molar-refractivity contribution is -0.145. The zero-order valence-corrected chi connectivity index (χ0v) is 15.1. The molecule has 7 nitrogen and oxygen atoms in total. The number of carbonyl (C=O) groups excluding carboxylic acids is 2. The molecule has 0 aromatic heterocycles. The highest BCUT2D eigenvalue weighted by Gasteiger charge is 2.02. The number of rotatable bonds is 17. The van der Waals surface area contributed by atoms with Crippen LogP contribution in [-0.2, 0) is 33.3 Å². The minimum Gasteiger partial charge on any atom is -0.469 e. The smallest absolute Gasteiger partial charge is 0.307 e. The maximum absolute atomic E-state index is 11.4. The van der Waals surface area contributed by atoms with E-state index < -0.39 is 0 Å². The average Bonchev–Trinajstić information content (AvgIpc) is 2.59. The Morgan fingerprint density at radius 1 is 0.667 bits per heavy atom. The summed E-state index contributed by atoms with van der Waals surface area (Å²) in [4.78, 5) is 22.2. The number of esters is 2. The number of hydrogen-bond acceptors (Lipinski definition) is 7. The third kappa shape index (κ3) is 17.2. The molecule has 0 amide bonds. The maximum Gasteiger partial charge on any atom is 0.307 e. The second-order valence-electron chi connectivity index (χ2n) is 5.19. The summed E-state index contributed by atoms with van der Waals surface area (Å²) in [5.41, 5.74) is 0. The van der Waals surface area contributed by atoms with Gasteiger partial charge in [0.15, 0.2) is 0 Å². The Labute approximate surface area is 144 Å². The molecule has 0 N–H and O–H groups in total. The number of carbonyl (C=O) groups is 2. The molecular weight excluding hydrogens is 316 g/mol. The van der Waals surface area contributed by atoms with Crippen molar-refractivity contribution in [1.29, 1.82) is 0 Å². The molecule has 0 unspecified atom stereocenters. The average molecular weight is 348 g/mol. The molecule has 7 heteroatoms. The van der Waals surface area contributed by atoms with Crippen molar-refractivity contribution in [3.63, 3.8) is 0 Å². The SMILES string of the molecule is CCCCCCC(=O)OCCOCCOCCOCCC(=O)OC. The van der Waals surface area contributed by atoms with E-state index >= 15 is 0 Å². The highest BCUT2D eigenvalue weighted by Crippen LogP contribution is 2.03. The van der Waals surface area contributed by atoms with Gasteiger partial charge in [0.1, 0.15) is 6.61 Å². The topological polar surface area (TPSA) is 80.3 Å². The van der Waals surface area contributed by atoms with Gasteiger partial charge in [-0.25, -0.2) is 0 Å². The molecule has 0 heterocycles. The Bertz CT molecular complexity index is 307. The van der Waals surface area contributed by atoms with Crippen molar-refractivity contribution in [3.05, 3.63) is 0 Å². The van der Waals surface area contributed by atoms with Gasteiger partial charge in [0.25, 0.3) is 0 Å². The number of hydrogen-bond donors (Lipinski definition) is 0. The summed E-state index contributed by atoms with van der Waals surface area (Å²) < 4.78 is 25.3. The highest BCUT2D eigenvalue weighted by atomic mass is 16.6. The Hall–Kier alpha value is -1.18. The molecule has 0 aliphatic heterocycles. The van der Waals surface area contributed by atoms with Gasteiger partial charge < -0.3 is 23.7 Å². The van der Waals surface area contributed by atoms with E-state index in [4.69, 9.17) is 18.9 Å². The van der Waals surface area contributed by atoms with Crippen molar-refractivity contribution in [2.45, 2.75) is 45.4 Å². The van der Waals surface area contributed by atoms with Crippen molar-refractivity contribution in [2.75, 3.05) is 53.4 Å². The van der Waals surface area contributed by atoms with Gasteiger partial charge >= 0.3 is 11.9 Å². The highest BCUT2D eigenvalue weighted by molar-refractivity contribution is 5.69. The largest absolute Gasteiger partial charge is 0.469 e. The minimum atomic E-state index is -0.286. The summed E-state index contributed by atoms with van der Waals surface area (Å²) in [6, 6.07) is 0. The summed E-state index contributed by atoms with van der Waals surface area (Å²) in [6.07, 6.45) is 5.02. The number of methoxy groups -OCH3 is 1. The van der Waals surface area contributed by atoms with E-state index in [0.29, 0.717) is 46.1 Å². The van der Waals surface area contributed by atoms with Crippen LogP contribution in [0.5, 0.6) is 0 Å². The van der Waals surface area contributed by atoms with Crippen LogP contribution in [0.4, 0.5) is 0 Å². The second-order valence-corrected chi connectivity index (χ2v) is 5.19. The molecule has 0 saturated heterocycles. The summed E-state index contributed by atoms with van der Waals surface area (Å²) in [5, 5.41) is 0. The Kier molecular flexibility index (Phi) is 17.3. The van der Waals surface area contributed by atoms with Crippen LogP contribution in [-0.4, -0.2) is 65.3 Å². The van der Waals surface area contributed by atoms with Crippen LogP contribution in [0.15, 0.2) is 0 Å². The molecule has 0 rings (SSSR count). The molecule has 0 radical (unpaired) electrons. The van der Waals surface area contributed by atoms with Crippen LogP contribution in [0.2, 0.25) is 0 Å². The Morgan fingerprint density at radius 2 is 1.25 bits per heavy atom. The molecule has 0 atom stereocenters. The van der Waals surface area contributed by atoms with Crippen LogP contribution < -0.4 is 0 Å². The summed E-state index contributed by atoms with van der Waals surface area (Å²) in [6.45, 7) is 4.88. The second kappa shape index (κ2) is 18.2. The summed E-state index contributed by atoms with van der Waals surface area (Å²) in [7, 11) is 1.35. The molecule has 142 valence electrons. The van der Waals surface area contributed by atoms with E-state index in [9.17, 15) is 9.59 Å². The molecule has 0 aliphatic rings. The van der Waals surface area contributed by atoms with Crippen LogP contribution in [0.1, 0.15) is 45.4 Å². The van der Waals surface area contributed by atoms with Gasteiger partial charge in [-0.3, -0.25) is 9.59 Å². The zero-order valence-electron chi connectivity index (χ0n) is 15.1. The van der Waals surface area contributed by atoms with Crippen molar-refractivity contribution in [2.24, 2.45) is 0 Å². The molecular formula is C17H32O7. The molecule has 0 aliphatic carbocycles. The standard InChI is InChI=1S/C17H32O7/c1-3-4-5-6-7-17(19)24-15-14-23-13-12-22-11-10-21-9-8-16(18)20-2/h3-15H2,1-2H3. The van der Waals surface area contributed by atoms with Gasteiger partial charge in [0, 0.05) is 6.42 Å². The third-order valence-corrected chi connectivity index (χ3v) is 3.15. The van der Waals surface area contributed by atoms with E-state index in [1.165, 1.54) is 7.11 Å². The van der Waals surface area contributed by atoms with Crippen molar-refractivity contribution >= 4 is 11.9 Å². The molecule has 0 aromatic carbocycles.